The highest BCUT2D eigenvalue weighted by Crippen LogP contribution is 2.39. The van der Waals surface area contributed by atoms with E-state index >= 15 is 0 Å². The molecule has 2 rings (SSSR count). The first-order valence-electron chi connectivity index (χ1n) is 4.36. The predicted octanol–water partition coefficient (Wildman–Crippen LogP) is -0.248. The van der Waals surface area contributed by atoms with E-state index in [1.807, 2.05) is 0 Å². The van der Waals surface area contributed by atoms with Gasteiger partial charge < -0.3 is 15.7 Å². The summed E-state index contributed by atoms with van der Waals surface area (Å²) in [6.07, 6.45) is 2.98. The summed E-state index contributed by atoms with van der Waals surface area (Å²) in [6.45, 7) is 3.53. The molecule has 0 aromatic rings. The molecule has 1 amide bonds. The molecule has 0 aromatic carbocycles. The first-order valence-corrected chi connectivity index (χ1v) is 5.30. The molecule has 3 atom stereocenters. The number of β-lactam (4-membered cyclic amide) rings is 1. The predicted molar refractivity (Wildman–Crippen MR) is 55.9 cm³/mol. The summed E-state index contributed by atoms with van der Waals surface area (Å²) in [6, 6.07) is -0.584. The van der Waals surface area contributed by atoms with Crippen LogP contribution in [0.2, 0.25) is 0 Å². The van der Waals surface area contributed by atoms with Gasteiger partial charge in [0.1, 0.15) is 16.7 Å². The molecule has 2 aliphatic heterocycles. The normalized spacial score (nSPS) is 33.9. The first-order chi connectivity index (χ1) is 7.06. The molecular weight excluding hydrogens is 216 g/mol. The van der Waals surface area contributed by atoms with Crippen molar-refractivity contribution in [1.82, 2.24) is 4.90 Å². The largest absolute Gasteiger partial charge is 0.480 e. The van der Waals surface area contributed by atoms with Crippen LogP contribution in [0.4, 0.5) is 0 Å². The molecule has 0 spiro atoms. The molecule has 15 heavy (non-hydrogen) atoms. The number of amides is 1. The molecule has 1 saturated heterocycles. The van der Waals surface area contributed by atoms with Gasteiger partial charge in [-0.05, 0) is 5.57 Å². The number of nitrogens with zero attached hydrogens (tertiary/aromatic N) is 1. The fourth-order valence-corrected chi connectivity index (χ4v) is 2.90. The van der Waals surface area contributed by atoms with E-state index in [4.69, 9.17) is 10.8 Å². The van der Waals surface area contributed by atoms with E-state index in [9.17, 15) is 9.59 Å². The standard InChI is InChI=1S/C9H10N2O3S/c1-2-4-3-11-7(12)5(10)8(11)15-6(4)9(13)14/h2-3,5-6,8H,1,10H2,(H,13,14)/t5?,6?,8-/m1/s1. The summed E-state index contributed by atoms with van der Waals surface area (Å²) < 4.78 is 0. The highest BCUT2D eigenvalue weighted by molar-refractivity contribution is 8.01. The van der Waals surface area contributed by atoms with E-state index in [1.165, 1.54) is 28.9 Å². The molecule has 1 fully saturated rings. The third kappa shape index (κ3) is 1.37. The van der Waals surface area contributed by atoms with Gasteiger partial charge in [0.05, 0.1) is 0 Å². The van der Waals surface area contributed by atoms with Gasteiger partial charge >= 0.3 is 5.97 Å². The maximum atomic E-state index is 11.3. The maximum Gasteiger partial charge on any atom is 0.321 e. The minimum atomic E-state index is -0.933. The lowest BCUT2D eigenvalue weighted by molar-refractivity contribution is -0.141. The van der Waals surface area contributed by atoms with Crippen LogP contribution in [-0.2, 0) is 9.59 Å². The number of hydrogen-bond acceptors (Lipinski definition) is 4. The lowest BCUT2D eigenvalue weighted by Crippen LogP contribution is -2.66. The van der Waals surface area contributed by atoms with E-state index in [-0.39, 0.29) is 11.3 Å². The smallest absolute Gasteiger partial charge is 0.321 e. The Morgan fingerprint density at radius 2 is 2.40 bits per heavy atom. The van der Waals surface area contributed by atoms with E-state index in [0.29, 0.717) is 5.57 Å². The van der Waals surface area contributed by atoms with Crippen molar-refractivity contribution in [2.45, 2.75) is 16.7 Å². The Bertz CT molecular complexity index is 380. The van der Waals surface area contributed by atoms with Crippen molar-refractivity contribution in [2.24, 2.45) is 5.73 Å². The molecule has 5 nitrogen and oxygen atoms in total. The van der Waals surface area contributed by atoms with Gasteiger partial charge in [-0.2, -0.15) is 0 Å². The number of rotatable bonds is 2. The average Bonchev–Trinajstić information content (AvgIpc) is 2.25. The fraction of sp³-hybridized carbons (Fsp3) is 0.333. The number of hydrogen-bond donors (Lipinski definition) is 2. The van der Waals surface area contributed by atoms with Crippen LogP contribution in [0, 0.1) is 0 Å². The molecule has 80 valence electrons. The molecule has 2 aliphatic rings. The number of allylic oxidation sites excluding steroid dienone is 1. The Kier molecular flexibility index (Phi) is 2.32. The van der Waals surface area contributed by atoms with E-state index < -0.39 is 17.3 Å². The zero-order valence-electron chi connectivity index (χ0n) is 7.79. The number of aliphatic carboxylic acids is 1. The third-order valence-electron chi connectivity index (χ3n) is 2.45. The molecule has 2 unspecified atom stereocenters. The number of nitrogens with two attached hydrogens (primary N) is 1. The highest BCUT2D eigenvalue weighted by Gasteiger charge is 2.49. The SMILES string of the molecule is C=CC1=CN2C(=O)C(N)[C@H]2SC1C(=O)O. The van der Waals surface area contributed by atoms with Crippen LogP contribution in [0.1, 0.15) is 0 Å². The lowest BCUT2D eigenvalue weighted by Gasteiger charge is -2.46. The lowest BCUT2D eigenvalue weighted by atomic mass is 10.1. The van der Waals surface area contributed by atoms with E-state index in [2.05, 4.69) is 6.58 Å². The fourth-order valence-electron chi connectivity index (χ4n) is 1.60. The number of fused-ring (bicyclic) bond motifs is 1. The Balaban J connectivity index is 2.30. The van der Waals surface area contributed by atoms with E-state index in [0.717, 1.165) is 0 Å². The van der Waals surface area contributed by atoms with Gasteiger partial charge in [0.2, 0.25) is 5.91 Å². The number of carboxylic acids is 1. The molecule has 0 aromatic heterocycles. The molecule has 0 radical (unpaired) electrons. The summed E-state index contributed by atoms with van der Waals surface area (Å²) in [5, 5.41) is 8.04. The monoisotopic (exact) mass is 226 g/mol. The highest BCUT2D eigenvalue weighted by atomic mass is 32.2. The molecular formula is C9H10N2O3S. The Labute approximate surface area is 90.6 Å². The Hall–Kier alpha value is -1.27. The molecule has 0 saturated carbocycles. The van der Waals surface area contributed by atoms with Crippen molar-refractivity contribution >= 4 is 23.6 Å². The van der Waals surface area contributed by atoms with Gasteiger partial charge in [-0.25, -0.2) is 0 Å². The van der Waals surface area contributed by atoms with Crippen LogP contribution < -0.4 is 5.73 Å². The third-order valence-corrected chi connectivity index (χ3v) is 3.99. The topological polar surface area (TPSA) is 83.6 Å². The van der Waals surface area contributed by atoms with Gasteiger partial charge in [-0.15, -0.1) is 11.8 Å². The van der Waals surface area contributed by atoms with Gasteiger partial charge in [0, 0.05) is 6.20 Å². The second kappa shape index (κ2) is 3.39. The second-order valence-corrected chi connectivity index (χ2v) is 4.58. The van der Waals surface area contributed by atoms with Gasteiger partial charge in [0.25, 0.3) is 0 Å². The summed E-state index contributed by atoms with van der Waals surface area (Å²) >= 11 is 1.17. The van der Waals surface area contributed by atoms with Crippen LogP contribution >= 0.6 is 11.8 Å². The molecule has 3 N–H and O–H groups in total. The molecule has 0 aliphatic carbocycles. The number of carbonyl (C=O) groups is 2. The number of carbonyl (C=O) groups excluding carboxylic acids is 1. The molecule has 2 heterocycles. The second-order valence-electron chi connectivity index (χ2n) is 3.35. The zero-order valence-corrected chi connectivity index (χ0v) is 8.61. The maximum absolute atomic E-state index is 11.3. The number of thioether (sulfide) groups is 1. The summed E-state index contributed by atoms with van der Waals surface area (Å²) in [5.41, 5.74) is 6.10. The van der Waals surface area contributed by atoms with Crippen LogP contribution in [0.5, 0.6) is 0 Å². The zero-order chi connectivity index (χ0) is 11.2. The summed E-state index contributed by atoms with van der Waals surface area (Å²) in [4.78, 5) is 23.7. The Morgan fingerprint density at radius 3 is 2.93 bits per heavy atom. The van der Waals surface area contributed by atoms with Gasteiger partial charge in [-0.3, -0.25) is 9.59 Å². The number of carboxylic acid groups (broad SMARTS) is 1. The van der Waals surface area contributed by atoms with Crippen LogP contribution in [0.25, 0.3) is 0 Å². The average molecular weight is 226 g/mol. The van der Waals surface area contributed by atoms with Crippen molar-refractivity contribution in [3.8, 4) is 0 Å². The van der Waals surface area contributed by atoms with Crippen molar-refractivity contribution in [2.75, 3.05) is 0 Å². The van der Waals surface area contributed by atoms with Crippen molar-refractivity contribution in [3.05, 3.63) is 24.4 Å². The van der Waals surface area contributed by atoms with E-state index in [1.54, 1.807) is 0 Å². The Morgan fingerprint density at radius 1 is 1.73 bits per heavy atom. The quantitative estimate of drug-likeness (QED) is 0.634. The summed E-state index contributed by atoms with van der Waals surface area (Å²) in [7, 11) is 0. The first kappa shape index (κ1) is 10.3. The molecule has 6 heteroatoms. The van der Waals surface area contributed by atoms with Crippen molar-refractivity contribution < 1.29 is 14.7 Å². The van der Waals surface area contributed by atoms with Crippen LogP contribution in [-0.4, -0.2) is 38.5 Å². The summed E-state index contributed by atoms with van der Waals surface area (Å²) in [5.74, 6) is -1.10. The van der Waals surface area contributed by atoms with Gasteiger partial charge in [0.15, 0.2) is 0 Å². The van der Waals surface area contributed by atoms with Crippen molar-refractivity contribution in [3.63, 3.8) is 0 Å². The minimum Gasteiger partial charge on any atom is -0.480 e. The van der Waals surface area contributed by atoms with Crippen LogP contribution in [0.15, 0.2) is 24.4 Å². The molecule has 0 bridgehead atoms. The van der Waals surface area contributed by atoms with Gasteiger partial charge in [-0.1, -0.05) is 12.7 Å². The minimum absolute atomic E-state index is 0.171. The van der Waals surface area contributed by atoms with Crippen molar-refractivity contribution in [1.29, 1.82) is 0 Å². The van der Waals surface area contributed by atoms with Crippen LogP contribution in [0.3, 0.4) is 0 Å².